The number of halogens is 4. The average molecular weight is 567 g/mol. The van der Waals surface area contributed by atoms with Crippen molar-refractivity contribution < 1.29 is 22.4 Å². The normalized spacial score (nSPS) is 11.8. The molecule has 0 atom stereocenters. The lowest BCUT2D eigenvalue weighted by Gasteiger charge is -2.14. The quantitative estimate of drug-likeness (QED) is 0.281. The molecule has 0 bridgehead atoms. The van der Waals surface area contributed by atoms with Crippen LogP contribution in [-0.2, 0) is 6.54 Å². The first-order valence-electron chi connectivity index (χ1n) is 12.3. The summed E-state index contributed by atoms with van der Waals surface area (Å²) in [4.78, 5) is 34.2. The average Bonchev–Trinajstić information content (AvgIpc) is 3.27. The van der Waals surface area contributed by atoms with Gasteiger partial charge in [0.1, 0.15) is 30.2 Å². The minimum atomic E-state index is -4.54. The van der Waals surface area contributed by atoms with Crippen molar-refractivity contribution in [2.45, 2.75) is 32.6 Å². The molecule has 3 N–H and O–H groups in total. The maximum Gasteiger partial charge on any atom is 0.408 e. The molecule has 0 unspecified atom stereocenters. The standard InChI is InChI=1S/C27H22F4N8O2/c1-14(2)38-11-19(15-3-7-17(28)8-4-15)23(40)22(37-38)26(41)35-18-9-5-16(6-10-18)21-20-24(32)33-13-34-25(20)39(36-21)12-27(29,30)31/h3-11,13-14H,12H2,1-2H3,(H,35,41)(H2,32,33,34). The largest absolute Gasteiger partial charge is 0.408 e. The Morgan fingerprint density at radius 2 is 1.66 bits per heavy atom. The van der Waals surface area contributed by atoms with Crippen LogP contribution in [0.25, 0.3) is 33.4 Å². The third-order valence-corrected chi connectivity index (χ3v) is 6.14. The van der Waals surface area contributed by atoms with Gasteiger partial charge in [-0.3, -0.25) is 14.3 Å². The second-order valence-corrected chi connectivity index (χ2v) is 9.41. The van der Waals surface area contributed by atoms with E-state index in [9.17, 15) is 27.2 Å². The Bertz CT molecular complexity index is 1810. The Morgan fingerprint density at radius 3 is 2.29 bits per heavy atom. The molecule has 0 radical (unpaired) electrons. The van der Waals surface area contributed by atoms with Crippen molar-refractivity contribution in [1.29, 1.82) is 0 Å². The predicted molar refractivity (Wildman–Crippen MR) is 143 cm³/mol. The van der Waals surface area contributed by atoms with Crippen molar-refractivity contribution in [3.8, 4) is 22.4 Å². The number of nitrogens with zero attached hydrogens (tertiary/aromatic N) is 6. The van der Waals surface area contributed by atoms with E-state index in [1.165, 1.54) is 59.4 Å². The van der Waals surface area contributed by atoms with Gasteiger partial charge in [-0.15, -0.1) is 0 Å². The Morgan fingerprint density at radius 1 is 1.00 bits per heavy atom. The Labute approximate surface area is 229 Å². The summed E-state index contributed by atoms with van der Waals surface area (Å²) in [7, 11) is 0. The highest BCUT2D eigenvalue weighted by Gasteiger charge is 2.31. The SMILES string of the molecule is CC(C)n1cc(-c2ccc(F)cc2)c(=O)c(C(=O)Nc2ccc(-c3nn(CC(F)(F)F)c4ncnc(N)c34)cc2)n1. The van der Waals surface area contributed by atoms with Gasteiger partial charge in [0.05, 0.1) is 5.39 Å². The first-order valence-corrected chi connectivity index (χ1v) is 12.3. The van der Waals surface area contributed by atoms with Gasteiger partial charge in [-0.1, -0.05) is 24.3 Å². The van der Waals surface area contributed by atoms with Crippen LogP contribution in [0, 0.1) is 5.82 Å². The van der Waals surface area contributed by atoms with Gasteiger partial charge < -0.3 is 11.1 Å². The second-order valence-electron chi connectivity index (χ2n) is 9.41. The van der Waals surface area contributed by atoms with E-state index in [0.717, 1.165) is 6.33 Å². The number of carbonyl (C=O) groups is 1. The number of anilines is 2. The van der Waals surface area contributed by atoms with Gasteiger partial charge in [-0.05, 0) is 43.7 Å². The third kappa shape index (κ3) is 5.62. The molecule has 41 heavy (non-hydrogen) atoms. The maximum atomic E-state index is 13.4. The van der Waals surface area contributed by atoms with Crippen molar-refractivity contribution >= 4 is 28.4 Å². The van der Waals surface area contributed by atoms with Crippen molar-refractivity contribution in [2.75, 3.05) is 11.1 Å². The number of hydrogen-bond acceptors (Lipinski definition) is 7. The van der Waals surface area contributed by atoms with Crippen LogP contribution in [0.4, 0.5) is 29.1 Å². The molecule has 210 valence electrons. The molecule has 10 nitrogen and oxygen atoms in total. The third-order valence-electron chi connectivity index (χ3n) is 6.14. The zero-order valence-corrected chi connectivity index (χ0v) is 21.6. The summed E-state index contributed by atoms with van der Waals surface area (Å²) >= 11 is 0. The highest BCUT2D eigenvalue weighted by Crippen LogP contribution is 2.32. The first-order chi connectivity index (χ1) is 19.4. The molecule has 0 aliphatic heterocycles. The Balaban J connectivity index is 1.47. The van der Waals surface area contributed by atoms with E-state index in [4.69, 9.17) is 5.73 Å². The number of carbonyl (C=O) groups excluding carboxylic acids is 1. The number of nitrogen functional groups attached to an aromatic ring is 1. The molecule has 1 amide bonds. The minimum absolute atomic E-state index is 0.0376. The zero-order valence-electron chi connectivity index (χ0n) is 21.6. The molecule has 5 rings (SSSR count). The van der Waals surface area contributed by atoms with Crippen LogP contribution in [0.2, 0.25) is 0 Å². The van der Waals surface area contributed by atoms with E-state index in [0.29, 0.717) is 15.8 Å². The van der Waals surface area contributed by atoms with Crippen LogP contribution in [0.3, 0.4) is 0 Å². The van der Waals surface area contributed by atoms with Crippen LogP contribution in [0.1, 0.15) is 30.4 Å². The van der Waals surface area contributed by atoms with Gasteiger partial charge in [0.2, 0.25) is 5.43 Å². The highest BCUT2D eigenvalue weighted by atomic mass is 19.4. The molecule has 3 heterocycles. The summed E-state index contributed by atoms with van der Waals surface area (Å²) in [5.74, 6) is -1.29. The van der Waals surface area contributed by atoms with E-state index < -0.39 is 29.9 Å². The fourth-order valence-corrected chi connectivity index (χ4v) is 4.17. The fourth-order valence-electron chi connectivity index (χ4n) is 4.17. The summed E-state index contributed by atoms with van der Waals surface area (Å²) in [5.41, 5.74) is 6.27. The van der Waals surface area contributed by atoms with Crippen molar-refractivity contribution in [3.63, 3.8) is 0 Å². The summed E-state index contributed by atoms with van der Waals surface area (Å²) in [6.07, 6.45) is -1.98. The monoisotopic (exact) mass is 566 g/mol. The van der Waals surface area contributed by atoms with Crippen LogP contribution < -0.4 is 16.5 Å². The zero-order chi connectivity index (χ0) is 29.5. The van der Waals surface area contributed by atoms with E-state index in [-0.39, 0.29) is 45.5 Å². The first kappa shape index (κ1) is 27.4. The second kappa shape index (κ2) is 10.4. The van der Waals surface area contributed by atoms with Crippen LogP contribution in [-0.4, -0.2) is 41.6 Å². The molecular formula is C27H22F4N8O2. The van der Waals surface area contributed by atoms with Gasteiger partial charge in [0.25, 0.3) is 5.91 Å². The summed E-state index contributed by atoms with van der Waals surface area (Å²) in [5, 5.41) is 11.0. The van der Waals surface area contributed by atoms with Gasteiger partial charge in [0.15, 0.2) is 11.3 Å². The molecule has 3 aromatic heterocycles. The maximum absolute atomic E-state index is 13.4. The molecule has 0 saturated heterocycles. The van der Waals surface area contributed by atoms with Crippen molar-refractivity contribution in [3.05, 3.63) is 82.8 Å². The number of nitrogens with one attached hydrogen (secondary N) is 1. The predicted octanol–water partition coefficient (Wildman–Crippen LogP) is 4.83. The molecule has 5 aromatic rings. The summed E-state index contributed by atoms with van der Waals surface area (Å²) in [6.45, 7) is 2.28. The molecule has 0 aliphatic carbocycles. The molecule has 0 saturated carbocycles. The van der Waals surface area contributed by atoms with Gasteiger partial charge in [-0.25, -0.2) is 19.0 Å². The van der Waals surface area contributed by atoms with Crippen LogP contribution >= 0.6 is 0 Å². The molecule has 0 aliphatic rings. The van der Waals surface area contributed by atoms with Crippen molar-refractivity contribution in [2.24, 2.45) is 0 Å². The number of benzene rings is 2. The minimum Gasteiger partial charge on any atom is -0.383 e. The number of nitrogens with two attached hydrogens (primary N) is 1. The molecular weight excluding hydrogens is 544 g/mol. The molecule has 14 heteroatoms. The number of amides is 1. The summed E-state index contributed by atoms with van der Waals surface area (Å²) in [6, 6.07) is 11.1. The lowest BCUT2D eigenvalue weighted by molar-refractivity contribution is -0.141. The van der Waals surface area contributed by atoms with Crippen LogP contribution in [0.5, 0.6) is 0 Å². The van der Waals surface area contributed by atoms with E-state index in [2.05, 4.69) is 25.5 Å². The van der Waals surface area contributed by atoms with E-state index in [1.807, 2.05) is 13.8 Å². The smallest absolute Gasteiger partial charge is 0.383 e. The number of fused-ring (bicyclic) bond motifs is 1. The van der Waals surface area contributed by atoms with Crippen molar-refractivity contribution in [1.82, 2.24) is 29.5 Å². The number of alkyl halides is 3. The lowest BCUT2D eigenvalue weighted by Crippen LogP contribution is -2.28. The number of rotatable bonds is 6. The number of aromatic nitrogens is 6. The van der Waals surface area contributed by atoms with E-state index >= 15 is 0 Å². The fraction of sp³-hybridized carbons (Fsp3) is 0.185. The van der Waals surface area contributed by atoms with Gasteiger partial charge >= 0.3 is 6.18 Å². The van der Waals surface area contributed by atoms with Crippen LogP contribution in [0.15, 0.2) is 65.8 Å². The van der Waals surface area contributed by atoms with E-state index in [1.54, 1.807) is 0 Å². The Kier molecular flexibility index (Phi) is 6.99. The molecule has 0 fully saturated rings. The molecule has 2 aromatic carbocycles. The summed E-state index contributed by atoms with van der Waals surface area (Å²) < 4.78 is 54.9. The number of hydrogen-bond donors (Lipinski definition) is 2. The Hall–Kier alpha value is -5.14. The lowest BCUT2D eigenvalue weighted by atomic mass is 10.1. The molecule has 0 spiro atoms. The van der Waals surface area contributed by atoms with Gasteiger partial charge in [-0.2, -0.15) is 23.4 Å². The topological polar surface area (TPSA) is 134 Å². The highest BCUT2D eigenvalue weighted by molar-refractivity contribution is 6.03. The van der Waals surface area contributed by atoms with Gasteiger partial charge in [0, 0.05) is 29.1 Å².